The molecule has 4 rings (SSSR count). The van der Waals surface area contributed by atoms with E-state index in [2.05, 4.69) is 32.5 Å². The van der Waals surface area contributed by atoms with E-state index in [1.54, 1.807) is 0 Å². The third kappa shape index (κ3) is 4.03. The van der Waals surface area contributed by atoms with E-state index in [4.69, 9.17) is 15.2 Å². The third-order valence-corrected chi connectivity index (χ3v) is 4.91. The lowest BCUT2D eigenvalue weighted by molar-refractivity contribution is 0.0646. The van der Waals surface area contributed by atoms with Gasteiger partial charge < -0.3 is 20.1 Å². The molecule has 4 heterocycles. The van der Waals surface area contributed by atoms with Gasteiger partial charge in [0.1, 0.15) is 18.2 Å². The molecule has 2 aromatic rings. The average molecular weight is 367 g/mol. The summed E-state index contributed by atoms with van der Waals surface area (Å²) in [5, 5.41) is 0. The maximum Gasteiger partial charge on any atom is 0.320 e. The topological polar surface area (TPSA) is 86.4 Å². The number of ether oxygens (including phenoxy) is 2. The smallest absolute Gasteiger partial charge is 0.320 e. The quantitative estimate of drug-likeness (QED) is 0.812. The van der Waals surface area contributed by atoms with E-state index in [1.165, 1.54) is 0 Å². The van der Waals surface area contributed by atoms with Crippen LogP contribution in [0.2, 0.25) is 0 Å². The first kappa shape index (κ1) is 17.7. The van der Waals surface area contributed by atoms with E-state index in [1.807, 2.05) is 19.2 Å². The minimum atomic E-state index is 0.111. The third-order valence-electron chi connectivity index (χ3n) is 4.91. The summed E-state index contributed by atoms with van der Waals surface area (Å²) in [5.74, 6) is 1.27. The Hall–Kier alpha value is -2.67. The lowest BCUT2D eigenvalue weighted by atomic mass is 10.0. The molecule has 0 aromatic carbocycles. The summed E-state index contributed by atoms with van der Waals surface area (Å²) in [6, 6.07) is 4.40. The first-order valence-corrected chi connectivity index (χ1v) is 9.32. The van der Waals surface area contributed by atoms with Crippen molar-refractivity contribution in [3.8, 4) is 6.01 Å². The summed E-state index contributed by atoms with van der Waals surface area (Å²) in [6.45, 7) is 8.79. The van der Waals surface area contributed by atoms with Crippen molar-refractivity contribution >= 4 is 11.6 Å². The molecule has 0 radical (unpaired) electrons. The Balaban J connectivity index is 1.57. The van der Waals surface area contributed by atoms with E-state index in [0.717, 1.165) is 54.2 Å². The van der Waals surface area contributed by atoms with Gasteiger partial charge in [-0.05, 0) is 31.4 Å². The summed E-state index contributed by atoms with van der Waals surface area (Å²) < 4.78 is 11.4. The Morgan fingerprint density at radius 2 is 2.26 bits per heavy atom. The van der Waals surface area contributed by atoms with Crippen LogP contribution in [0.15, 0.2) is 30.5 Å². The van der Waals surface area contributed by atoms with Gasteiger partial charge in [-0.2, -0.15) is 9.97 Å². The highest BCUT2D eigenvalue weighted by Gasteiger charge is 2.25. The molecule has 0 saturated carbocycles. The number of aromatic nitrogens is 3. The highest BCUT2D eigenvalue weighted by atomic mass is 16.5. The van der Waals surface area contributed by atoms with Crippen LogP contribution >= 0.6 is 0 Å². The molecule has 2 aliphatic heterocycles. The number of fused-ring (bicyclic) bond motifs is 1. The van der Waals surface area contributed by atoms with Crippen molar-refractivity contribution in [3.05, 3.63) is 47.3 Å². The number of nitrogen functional groups attached to an aromatic ring is 1. The zero-order valence-corrected chi connectivity index (χ0v) is 15.6. The fourth-order valence-electron chi connectivity index (χ4n) is 3.50. The zero-order chi connectivity index (χ0) is 18.8. The fraction of sp³-hybridized carbons (Fsp3) is 0.450. The molecule has 0 aliphatic carbocycles. The molecule has 0 amide bonds. The van der Waals surface area contributed by atoms with Gasteiger partial charge in [0, 0.05) is 43.6 Å². The zero-order valence-electron chi connectivity index (χ0n) is 15.6. The van der Waals surface area contributed by atoms with Gasteiger partial charge in [-0.15, -0.1) is 0 Å². The number of hydrogen-bond donors (Lipinski definition) is 1. The molecule has 142 valence electrons. The largest absolute Gasteiger partial charge is 0.461 e. The van der Waals surface area contributed by atoms with Crippen molar-refractivity contribution in [1.82, 2.24) is 15.0 Å². The summed E-state index contributed by atoms with van der Waals surface area (Å²) in [6.07, 6.45) is 4.77. The van der Waals surface area contributed by atoms with Gasteiger partial charge in [-0.3, -0.25) is 4.98 Å². The molecule has 0 bridgehead atoms. The second-order valence-corrected chi connectivity index (χ2v) is 7.23. The van der Waals surface area contributed by atoms with E-state index in [0.29, 0.717) is 31.4 Å². The predicted octanol–water partition coefficient (Wildman–Crippen LogP) is 2.44. The van der Waals surface area contributed by atoms with Gasteiger partial charge >= 0.3 is 6.01 Å². The molecular formula is C20H25N5O2. The van der Waals surface area contributed by atoms with Crippen molar-refractivity contribution in [2.24, 2.45) is 0 Å². The molecule has 0 spiro atoms. The summed E-state index contributed by atoms with van der Waals surface area (Å²) >= 11 is 0. The molecule has 1 atom stereocenters. The van der Waals surface area contributed by atoms with Crippen LogP contribution in [0.5, 0.6) is 6.01 Å². The van der Waals surface area contributed by atoms with Crippen molar-refractivity contribution in [2.45, 2.75) is 38.8 Å². The standard InChI is InChI=1S/C20H25N5O2/c1-13-8-17-18(21)23-20(27-12-16-4-3-7-26-16)24-19(17)25(10-13)11-15-6-5-14(2)22-9-15/h5-6,9,16H,1,3-4,7-8,10-12H2,2H3,(H2,21,23,24). The van der Waals surface area contributed by atoms with Crippen LogP contribution in [0.25, 0.3) is 0 Å². The van der Waals surface area contributed by atoms with Crippen LogP contribution in [0.1, 0.15) is 29.7 Å². The Morgan fingerprint density at radius 3 is 3.00 bits per heavy atom. The van der Waals surface area contributed by atoms with Gasteiger partial charge in [0.25, 0.3) is 0 Å². The van der Waals surface area contributed by atoms with E-state index < -0.39 is 0 Å². The number of hydrogen-bond acceptors (Lipinski definition) is 7. The Labute approximate surface area is 159 Å². The number of aryl methyl sites for hydroxylation is 1. The summed E-state index contributed by atoms with van der Waals surface area (Å²) in [5.41, 5.74) is 10.3. The highest BCUT2D eigenvalue weighted by molar-refractivity contribution is 5.62. The molecule has 2 N–H and O–H groups in total. The van der Waals surface area contributed by atoms with Crippen LogP contribution in [0.3, 0.4) is 0 Å². The Morgan fingerprint density at radius 1 is 1.37 bits per heavy atom. The maximum atomic E-state index is 6.22. The van der Waals surface area contributed by atoms with Crippen LogP contribution in [-0.4, -0.2) is 40.8 Å². The van der Waals surface area contributed by atoms with E-state index >= 15 is 0 Å². The Bertz CT molecular complexity index is 831. The number of anilines is 2. The average Bonchev–Trinajstić information content (AvgIpc) is 3.16. The molecule has 7 nitrogen and oxygen atoms in total. The monoisotopic (exact) mass is 367 g/mol. The molecule has 1 fully saturated rings. The minimum Gasteiger partial charge on any atom is -0.461 e. The summed E-state index contributed by atoms with van der Waals surface area (Å²) in [4.78, 5) is 15.5. The maximum absolute atomic E-state index is 6.22. The molecule has 1 saturated heterocycles. The van der Waals surface area contributed by atoms with Gasteiger partial charge in [0.05, 0.1) is 6.10 Å². The van der Waals surface area contributed by atoms with E-state index in [-0.39, 0.29) is 6.10 Å². The molecule has 27 heavy (non-hydrogen) atoms. The number of nitrogens with zero attached hydrogens (tertiary/aromatic N) is 4. The van der Waals surface area contributed by atoms with Crippen LogP contribution in [0, 0.1) is 6.92 Å². The van der Waals surface area contributed by atoms with Crippen molar-refractivity contribution < 1.29 is 9.47 Å². The van der Waals surface area contributed by atoms with Gasteiger partial charge in [0.2, 0.25) is 0 Å². The van der Waals surface area contributed by atoms with Crippen molar-refractivity contribution in [1.29, 1.82) is 0 Å². The fourth-order valence-corrected chi connectivity index (χ4v) is 3.50. The van der Waals surface area contributed by atoms with Gasteiger partial charge in [-0.25, -0.2) is 0 Å². The number of pyridine rings is 1. The van der Waals surface area contributed by atoms with Crippen LogP contribution < -0.4 is 15.4 Å². The van der Waals surface area contributed by atoms with Crippen molar-refractivity contribution in [2.75, 3.05) is 30.4 Å². The van der Waals surface area contributed by atoms with Crippen LogP contribution in [-0.2, 0) is 17.7 Å². The number of nitrogens with two attached hydrogens (primary N) is 1. The minimum absolute atomic E-state index is 0.111. The van der Waals surface area contributed by atoms with Gasteiger partial charge in [0.15, 0.2) is 0 Å². The van der Waals surface area contributed by atoms with Crippen molar-refractivity contribution in [3.63, 3.8) is 0 Å². The van der Waals surface area contributed by atoms with E-state index in [9.17, 15) is 0 Å². The SMILES string of the molecule is C=C1Cc2c(N)nc(OCC3CCCO3)nc2N(Cc2ccc(C)nc2)C1. The number of rotatable bonds is 5. The predicted molar refractivity (Wildman–Crippen MR) is 104 cm³/mol. The Kier molecular flexibility index (Phi) is 4.94. The second-order valence-electron chi connectivity index (χ2n) is 7.23. The first-order chi connectivity index (χ1) is 13.1. The normalized spacial score (nSPS) is 19.2. The second kappa shape index (κ2) is 7.52. The molecule has 7 heteroatoms. The first-order valence-electron chi connectivity index (χ1n) is 9.32. The lowest BCUT2D eigenvalue weighted by Gasteiger charge is -2.32. The molecule has 2 aromatic heterocycles. The van der Waals surface area contributed by atoms with Gasteiger partial charge in [-0.1, -0.05) is 18.2 Å². The molecule has 2 aliphatic rings. The lowest BCUT2D eigenvalue weighted by Crippen LogP contribution is -2.32. The highest BCUT2D eigenvalue weighted by Crippen LogP contribution is 2.33. The summed E-state index contributed by atoms with van der Waals surface area (Å²) in [7, 11) is 0. The molecule has 1 unspecified atom stereocenters. The van der Waals surface area contributed by atoms with Crippen LogP contribution in [0.4, 0.5) is 11.6 Å². The molecular weight excluding hydrogens is 342 g/mol.